The first-order valence-electron chi connectivity index (χ1n) is 11.3. The molecule has 3 heterocycles. The van der Waals surface area contributed by atoms with E-state index in [1.165, 1.54) is 6.07 Å². The minimum absolute atomic E-state index is 0.123. The van der Waals surface area contributed by atoms with Crippen LogP contribution in [0, 0.1) is 12.7 Å². The predicted molar refractivity (Wildman–Crippen MR) is 122 cm³/mol. The van der Waals surface area contributed by atoms with Gasteiger partial charge in [0.05, 0.1) is 6.54 Å². The Hall–Kier alpha value is -3.16. The molecular formula is C24H30FN5O2. The van der Waals surface area contributed by atoms with Crippen molar-refractivity contribution in [3.05, 3.63) is 58.9 Å². The van der Waals surface area contributed by atoms with Crippen molar-refractivity contribution < 1.29 is 13.6 Å². The summed E-state index contributed by atoms with van der Waals surface area (Å²) in [5.74, 6) is 0.561. The number of benzene rings is 1. The molecule has 0 radical (unpaired) electrons. The molecule has 0 unspecified atom stereocenters. The number of hydrogen-bond acceptors (Lipinski definition) is 6. The zero-order valence-electron chi connectivity index (χ0n) is 19.0. The zero-order chi connectivity index (χ0) is 22.7. The highest BCUT2D eigenvalue weighted by molar-refractivity contribution is 5.80. The van der Waals surface area contributed by atoms with E-state index in [0.717, 1.165) is 23.3 Å². The van der Waals surface area contributed by atoms with Gasteiger partial charge in [-0.3, -0.25) is 4.79 Å². The lowest BCUT2D eigenvalue weighted by atomic mass is 9.98. The minimum Gasteiger partial charge on any atom is -0.408 e. The van der Waals surface area contributed by atoms with E-state index in [1.54, 1.807) is 6.92 Å². The van der Waals surface area contributed by atoms with E-state index < -0.39 is 0 Å². The molecule has 1 saturated heterocycles. The number of amides is 1. The molecule has 2 aliphatic heterocycles. The van der Waals surface area contributed by atoms with Crippen LogP contribution in [0.4, 0.5) is 10.4 Å². The Balaban J connectivity index is 1.35. The number of allylic oxidation sites excluding steroid dienone is 3. The number of rotatable bonds is 6. The second-order valence-electron chi connectivity index (χ2n) is 8.19. The number of anilines is 1. The molecule has 2 aromatic rings. The van der Waals surface area contributed by atoms with Crippen molar-refractivity contribution in [2.75, 3.05) is 44.2 Å². The predicted octanol–water partition coefficient (Wildman–Crippen LogP) is 3.42. The average molecular weight is 440 g/mol. The van der Waals surface area contributed by atoms with Crippen molar-refractivity contribution in [3.63, 3.8) is 0 Å². The third-order valence-electron chi connectivity index (χ3n) is 6.10. The maximum Gasteiger partial charge on any atom is 0.318 e. The summed E-state index contributed by atoms with van der Waals surface area (Å²) in [6.45, 7) is 9.50. The second-order valence-corrected chi connectivity index (χ2v) is 8.19. The highest BCUT2D eigenvalue weighted by Crippen LogP contribution is 2.26. The second kappa shape index (κ2) is 9.54. The van der Waals surface area contributed by atoms with Crippen LogP contribution >= 0.6 is 0 Å². The van der Waals surface area contributed by atoms with Gasteiger partial charge in [0.2, 0.25) is 11.8 Å². The molecule has 7 nitrogen and oxygen atoms in total. The maximum atomic E-state index is 13.6. The van der Waals surface area contributed by atoms with Crippen LogP contribution in [-0.4, -0.2) is 65.2 Å². The van der Waals surface area contributed by atoms with Crippen LogP contribution in [0.5, 0.6) is 0 Å². The van der Waals surface area contributed by atoms with Gasteiger partial charge in [0, 0.05) is 44.8 Å². The van der Waals surface area contributed by atoms with Gasteiger partial charge in [-0.15, -0.1) is 5.10 Å². The Morgan fingerprint density at radius 1 is 1.12 bits per heavy atom. The minimum atomic E-state index is -0.193. The molecule has 4 rings (SSSR count). The Kier molecular flexibility index (Phi) is 6.58. The summed E-state index contributed by atoms with van der Waals surface area (Å²) in [5.41, 5.74) is 3.84. The van der Waals surface area contributed by atoms with E-state index in [9.17, 15) is 9.18 Å². The standard InChI is InChI=1S/C24H30FN5O2/c1-4-20-15-19(18-6-7-21(25)17(3)14-18)8-9-30(20)16-23(31)28-10-12-29(13-11-28)24-27-26-22(5-2)32-24/h6-8,14-15H,4-5,9-13,16H2,1-3H3. The molecule has 1 fully saturated rings. The lowest BCUT2D eigenvalue weighted by Crippen LogP contribution is -2.51. The molecular weight excluding hydrogens is 409 g/mol. The van der Waals surface area contributed by atoms with Gasteiger partial charge in [0.15, 0.2) is 0 Å². The van der Waals surface area contributed by atoms with Crippen LogP contribution < -0.4 is 4.90 Å². The first-order valence-corrected chi connectivity index (χ1v) is 11.3. The lowest BCUT2D eigenvalue weighted by Gasteiger charge is -2.36. The fourth-order valence-electron chi connectivity index (χ4n) is 4.10. The van der Waals surface area contributed by atoms with Crippen LogP contribution in [0.15, 0.2) is 40.5 Å². The normalized spacial score (nSPS) is 16.8. The van der Waals surface area contributed by atoms with E-state index in [0.29, 0.717) is 63.2 Å². The summed E-state index contributed by atoms with van der Waals surface area (Å²) in [7, 11) is 0. The van der Waals surface area contributed by atoms with E-state index in [-0.39, 0.29) is 11.7 Å². The van der Waals surface area contributed by atoms with Gasteiger partial charge < -0.3 is 19.1 Å². The maximum absolute atomic E-state index is 13.6. The molecule has 0 spiro atoms. The summed E-state index contributed by atoms with van der Waals surface area (Å²) in [4.78, 5) is 19.0. The summed E-state index contributed by atoms with van der Waals surface area (Å²) in [6.07, 6.45) is 5.77. The molecule has 2 aliphatic rings. The van der Waals surface area contributed by atoms with Crippen molar-refractivity contribution in [2.45, 2.75) is 33.6 Å². The Morgan fingerprint density at radius 3 is 2.56 bits per heavy atom. The van der Waals surface area contributed by atoms with Gasteiger partial charge in [-0.1, -0.05) is 31.1 Å². The molecule has 0 aliphatic carbocycles. The molecule has 0 bridgehead atoms. The SMILES string of the molecule is CCC1=CC(c2ccc(F)c(C)c2)=CCN1CC(=O)N1CCN(c2nnc(CC)o2)CC1. The molecule has 32 heavy (non-hydrogen) atoms. The van der Waals surface area contributed by atoms with Gasteiger partial charge in [-0.05, 0) is 48.3 Å². The van der Waals surface area contributed by atoms with E-state index >= 15 is 0 Å². The number of hydrogen-bond donors (Lipinski definition) is 0. The molecule has 1 amide bonds. The molecule has 0 N–H and O–H groups in total. The van der Waals surface area contributed by atoms with Crippen LogP contribution in [-0.2, 0) is 11.2 Å². The van der Waals surface area contributed by atoms with Crippen molar-refractivity contribution in [1.82, 2.24) is 20.0 Å². The summed E-state index contributed by atoms with van der Waals surface area (Å²) in [6, 6.07) is 5.73. The van der Waals surface area contributed by atoms with Crippen LogP contribution in [0.3, 0.4) is 0 Å². The van der Waals surface area contributed by atoms with Crippen molar-refractivity contribution in [2.24, 2.45) is 0 Å². The molecule has 170 valence electrons. The number of nitrogens with zero attached hydrogens (tertiary/aromatic N) is 5. The summed E-state index contributed by atoms with van der Waals surface area (Å²) in [5, 5.41) is 8.12. The Morgan fingerprint density at radius 2 is 1.91 bits per heavy atom. The third kappa shape index (κ3) is 4.69. The van der Waals surface area contributed by atoms with Gasteiger partial charge in [0.25, 0.3) is 0 Å². The smallest absolute Gasteiger partial charge is 0.318 e. The van der Waals surface area contributed by atoms with Gasteiger partial charge >= 0.3 is 6.01 Å². The number of halogens is 1. The summed E-state index contributed by atoms with van der Waals surface area (Å²) >= 11 is 0. The Bertz CT molecular complexity index is 1040. The number of piperazine rings is 1. The van der Waals surface area contributed by atoms with E-state index in [1.807, 2.05) is 28.9 Å². The zero-order valence-corrected chi connectivity index (χ0v) is 19.0. The van der Waals surface area contributed by atoms with Crippen molar-refractivity contribution >= 4 is 17.5 Å². The molecule has 1 aromatic heterocycles. The van der Waals surface area contributed by atoms with Crippen molar-refractivity contribution in [1.29, 1.82) is 0 Å². The number of carbonyl (C=O) groups is 1. The van der Waals surface area contributed by atoms with Crippen molar-refractivity contribution in [3.8, 4) is 0 Å². The fourth-order valence-corrected chi connectivity index (χ4v) is 4.10. The number of carbonyl (C=O) groups excluding carboxylic acids is 1. The fraction of sp³-hybridized carbons (Fsp3) is 0.458. The van der Waals surface area contributed by atoms with Crippen LogP contribution in [0.25, 0.3) is 5.57 Å². The molecule has 0 atom stereocenters. The first kappa shape index (κ1) is 22.0. The molecule has 1 aromatic carbocycles. The monoisotopic (exact) mass is 439 g/mol. The van der Waals surface area contributed by atoms with Crippen LogP contribution in [0.1, 0.15) is 37.3 Å². The van der Waals surface area contributed by atoms with E-state index in [4.69, 9.17) is 4.42 Å². The lowest BCUT2D eigenvalue weighted by molar-refractivity contribution is -0.132. The highest BCUT2D eigenvalue weighted by atomic mass is 19.1. The van der Waals surface area contributed by atoms with Gasteiger partial charge in [0.1, 0.15) is 5.82 Å². The number of aryl methyl sites for hydroxylation is 2. The first-order chi connectivity index (χ1) is 15.5. The van der Waals surface area contributed by atoms with Crippen LogP contribution in [0.2, 0.25) is 0 Å². The Labute approximate surface area is 188 Å². The van der Waals surface area contributed by atoms with Gasteiger partial charge in [-0.2, -0.15) is 0 Å². The largest absolute Gasteiger partial charge is 0.408 e. The average Bonchev–Trinajstić information content (AvgIpc) is 3.30. The molecule has 0 saturated carbocycles. The number of aromatic nitrogens is 2. The van der Waals surface area contributed by atoms with E-state index in [2.05, 4.69) is 34.2 Å². The summed E-state index contributed by atoms with van der Waals surface area (Å²) < 4.78 is 19.3. The molecule has 8 heteroatoms. The highest BCUT2D eigenvalue weighted by Gasteiger charge is 2.26. The third-order valence-corrected chi connectivity index (χ3v) is 6.10. The quantitative estimate of drug-likeness (QED) is 0.687. The topological polar surface area (TPSA) is 65.7 Å². The van der Waals surface area contributed by atoms with Gasteiger partial charge in [-0.25, -0.2) is 4.39 Å².